The van der Waals surface area contributed by atoms with Crippen molar-refractivity contribution in [1.82, 2.24) is 15.4 Å². The number of hydrogen-bond donors (Lipinski definition) is 1. The van der Waals surface area contributed by atoms with Crippen LogP contribution in [0.15, 0.2) is 58.1 Å². The summed E-state index contributed by atoms with van der Waals surface area (Å²) in [4.78, 5) is 38.6. The lowest BCUT2D eigenvalue weighted by molar-refractivity contribution is -0.402. The van der Waals surface area contributed by atoms with Crippen molar-refractivity contribution in [2.24, 2.45) is 0 Å². The molecule has 1 aliphatic heterocycles. The molecule has 27 heavy (non-hydrogen) atoms. The van der Waals surface area contributed by atoms with Gasteiger partial charge in [-0.2, -0.15) is 5.01 Å². The number of nitrogens with one attached hydrogen (secondary N) is 1. The third-order valence-corrected chi connectivity index (χ3v) is 4.57. The van der Waals surface area contributed by atoms with Crippen molar-refractivity contribution in [2.45, 2.75) is 0 Å². The van der Waals surface area contributed by atoms with Gasteiger partial charge in [0.15, 0.2) is 4.32 Å². The second-order valence-corrected chi connectivity index (χ2v) is 6.68. The Morgan fingerprint density at radius 2 is 2.07 bits per heavy atom. The number of nitrogens with zero attached hydrogens (tertiary/aromatic N) is 3. The second-order valence-electron chi connectivity index (χ2n) is 5.01. The van der Waals surface area contributed by atoms with Crippen LogP contribution in [0.1, 0.15) is 16.1 Å². The van der Waals surface area contributed by atoms with Crippen molar-refractivity contribution in [2.75, 3.05) is 0 Å². The van der Waals surface area contributed by atoms with E-state index in [1.807, 2.05) is 0 Å². The van der Waals surface area contributed by atoms with E-state index in [1.54, 1.807) is 0 Å². The Morgan fingerprint density at radius 1 is 1.33 bits per heavy atom. The van der Waals surface area contributed by atoms with E-state index < -0.39 is 16.7 Å². The Bertz CT molecular complexity index is 984. The summed E-state index contributed by atoms with van der Waals surface area (Å²) in [6.45, 7) is 0. The largest absolute Gasteiger partial charge is 0.433 e. The first kappa shape index (κ1) is 18.5. The first-order valence-corrected chi connectivity index (χ1v) is 8.58. The summed E-state index contributed by atoms with van der Waals surface area (Å²) < 4.78 is 5.15. The number of furan rings is 1. The molecule has 0 saturated carbocycles. The highest BCUT2D eigenvalue weighted by Gasteiger charge is 2.33. The molecule has 3 rings (SSSR count). The van der Waals surface area contributed by atoms with Gasteiger partial charge in [0, 0.05) is 18.0 Å². The first-order chi connectivity index (χ1) is 13.0. The molecule has 136 valence electrons. The monoisotopic (exact) mass is 402 g/mol. The molecule has 0 spiro atoms. The third-order valence-electron chi connectivity index (χ3n) is 3.25. The Kier molecular flexibility index (Phi) is 5.43. The molecule has 3 heterocycles. The van der Waals surface area contributed by atoms with Crippen LogP contribution >= 0.6 is 24.0 Å². The SMILES string of the molecule is O=C(NN1C(=O)/C(=C/C=C/c2ccc([N+](=O)[O-])o2)SC1=S)c1ccncc1. The Labute approximate surface area is 161 Å². The molecule has 0 aromatic carbocycles. The molecule has 1 aliphatic rings. The van der Waals surface area contributed by atoms with Gasteiger partial charge in [-0.05, 0) is 42.6 Å². The van der Waals surface area contributed by atoms with E-state index in [1.165, 1.54) is 54.9 Å². The smallest absolute Gasteiger partial charge is 0.401 e. The van der Waals surface area contributed by atoms with Gasteiger partial charge in [-0.1, -0.05) is 17.8 Å². The lowest BCUT2D eigenvalue weighted by Gasteiger charge is -2.15. The number of hydrazine groups is 1. The normalized spacial score (nSPS) is 15.7. The molecule has 0 bridgehead atoms. The number of thiocarbonyl (C=S) groups is 1. The van der Waals surface area contributed by atoms with Crippen LogP contribution < -0.4 is 5.43 Å². The Balaban J connectivity index is 1.67. The summed E-state index contributed by atoms with van der Waals surface area (Å²) in [6, 6.07) is 5.68. The minimum Gasteiger partial charge on any atom is -0.401 e. The van der Waals surface area contributed by atoms with Gasteiger partial charge in [0.1, 0.15) is 10.7 Å². The molecule has 2 amide bonds. The topological polar surface area (TPSA) is 119 Å². The van der Waals surface area contributed by atoms with Gasteiger partial charge in [0.05, 0.1) is 11.0 Å². The lowest BCUT2D eigenvalue weighted by atomic mass is 10.2. The molecule has 1 saturated heterocycles. The van der Waals surface area contributed by atoms with Crippen LogP contribution in [-0.4, -0.2) is 31.1 Å². The molecule has 1 fully saturated rings. The zero-order chi connectivity index (χ0) is 19.4. The van der Waals surface area contributed by atoms with Crippen molar-refractivity contribution in [3.05, 3.63) is 75.2 Å². The maximum atomic E-state index is 12.4. The first-order valence-electron chi connectivity index (χ1n) is 7.35. The van der Waals surface area contributed by atoms with Gasteiger partial charge in [-0.25, -0.2) is 0 Å². The Morgan fingerprint density at radius 3 is 2.74 bits per heavy atom. The molecule has 2 aromatic heterocycles. The second kappa shape index (κ2) is 7.93. The van der Waals surface area contributed by atoms with Gasteiger partial charge in [0.2, 0.25) is 0 Å². The zero-order valence-corrected chi connectivity index (χ0v) is 15.0. The minimum atomic E-state index is -0.645. The van der Waals surface area contributed by atoms with E-state index in [2.05, 4.69) is 10.4 Å². The van der Waals surface area contributed by atoms with E-state index in [-0.39, 0.29) is 20.9 Å². The van der Waals surface area contributed by atoms with Crippen molar-refractivity contribution >= 4 is 52.1 Å². The summed E-state index contributed by atoms with van der Waals surface area (Å²) in [5.41, 5.74) is 2.78. The van der Waals surface area contributed by atoms with Crippen LogP contribution in [0.5, 0.6) is 0 Å². The van der Waals surface area contributed by atoms with E-state index >= 15 is 0 Å². The zero-order valence-electron chi connectivity index (χ0n) is 13.4. The van der Waals surface area contributed by atoms with Gasteiger partial charge >= 0.3 is 5.88 Å². The average Bonchev–Trinajstić information content (AvgIpc) is 3.23. The quantitative estimate of drug-likeness (QED) is 0.351. The van der Waals surface area contributed by atoms with Gasteiger partial charge < -0.3 is 4.42 Å². The molecule has 2 aromatic rings. The number of allylic oxidation sites excluding steroid dienone is 2. The number of thioether (sulfide) groups is 1. The molecule has 0 atom stereocenters. The number of carbonyl (C=O) groups excluding carboxylic acids is 2. The van der Waals surface area contributed by atoms with Crippen molar-refractivity contribution in [3.63, 3.8) is 0 Å². The summed E-state index contributed by atoms with van der Waals surface area (Å²) in [5.74, 6) is -1.09. The van der Waals surface area contributed by atoms with Crippen LogP contribution in [0.3, 0.4) is 0 Å². The highest BCUT2D eigenvalue weighted by atomic mass is 32.2. The fourth-order valence-electron chi connectivity index (χ4n) is 2.01. The number of nitro groups is 1. The average molecular weight is 402 g/mol. The fourth-order valence-corrected chi connectivity index (χ4v) is 3.14. The predicted molar refractivity (Wildman–Crippen MR) is 101 cm³/mol. The van der Waals surface area contributed by atoms with Gasteiger partial charge in [-0.3, -0.25) is 30.1 Å². The predicted octanol–water partition coefficient (Wildman–Crippen LogP) is 2.69. The van der Waals surface area contributed by atoms with Crippen molar-refractivity contribution < 1.29 is 18.9 Å². The minimum absolute atomic E-state index is 0.177. The van der Waals surface area contributed by atoms with Crippen LogP contribution in [0.4, 0.5) is 5.88 Å². The highest BCUT2D eigenvalue weighted by molar-refractivity contribution is 8.26. The molecule has 0 radical (unpaired) electrons. The molecule has 0 unspecified atom stereocenters. The summed E-state index contributed by atoms with van der Waals surface area (Å²) in [6.07, 6.45) is 7.37. The van der Waals surface area contributed by atoms with Crippen LogP contribution in [0.25, 0.3) is 6.08 Å². The number of amides is 2. The summed E-state index contributed by atoms with van der Waals surface area (Å²) in [5, 5.41) is 11.6. The number of rotatable bonds is 5. The molecule has 1 N–H and O–H groups in total. The number of pyridine rings is 1. The van der Waals surface area contributed by atoms with Crippen molar-refractivity contribution in [3.8, 4) is 0 Å². The third kappa shape index (κ3) is 4.27. The molecule has 9 nitrogen and oxygen atoms in total. The maximum absolute atomic E-state index is 12.4. The van der Waals surface area contributed by atoms with Crippen LogP contribution in [-0.2, 0) is 4.79 Å². The molecular weight excluding hydrogens is 392 g/mol. The van der Waals surface area contributed by atoms with Crippen molar-refractivity contribution in [1.29, 1.82) is 0 Å². The van der Waals surface area contributed by atoms with E-state index in [0.29, 0.717) is 5.56 Å². The van der Waals surface area contributed by atoms with Crippen LogP contribution in [0.2, 0.25) is 0 Å². The lowest BCUT2D eigenvalue weighted by Crippen LogP contribution is -2.44. The van der Waals surface area contributed by atoms with E-state index in [0.717, 1.165) is 16.8 Å². The van der Waals surface area contributed by atoms with Crippen LogP contribution in [0, 0.1) is 10.1 Å². The summed E-state index contributed by atoms with van der Waals surface area (Å²) in [7, 11) is 0. The number of aromatic nitrogens is 1. The Hall–Kier alpha value is -3.31. The molecular formula is C16H10N4O5S2. The number of hydrogen-bond acceptors (Lipinski definition) is 8. The standard InChI is InChI=1S/C16H10N4O5S2/c21-14(10-6-8-17-9-7-10)18-19-15(22)12(27-16(19)26)3-1-2-11-4-5-13(25-11)20(23)24/h1-9H,(H,18,21)/b2-1+,12-3-. The van der Waals surface area contributed by atoms with E-state index in [9.17, 15) is 19.7 Å². The summed E-state index contributed by atoms with van der Waals surface area (Å²) >= 11 is 6.14. The number of carbonyl (C=O) groups is 2. The maximum Gasteiger partial charge on any atom is 0.433 e. The molecule has 11 heteroatoms. The van der Waals surface area contributed by atoms with E-state index in [4.69, 9.17) is 16.6 Å². The fraction of sp³-hybridized carbons (Fsp3) is 0. The molecule has 0 aliphatic carbocycles. The van der Waals surface area contributed by atoms with Gasteiger partial charge in [0.25, 0.3) is 11.8 Å². The highest BCUT2D eigenvalue weighted by Crippen LogP contribution is 2.30. The van der Waals surface area contributed by atoms with Gasteiger partial charge in [-0.15, -0.1) is 0 Å².